The molecule has 3 rings (SSSR count). The lowest BCUT2D eigenvalue weighted by atomic mass is 9.99. The molecule has 2 aromatic rings. The zero-order valence-electron chi connectivity index (χ0n) is 18.9. The van der Waals surface area contributed by atoms with Gasteiger partial charge >= 0.3 is 5.97 Å². The van der Waals surface area contributed by atoms with E-state index >= 15 is 0 Å². The number of hydrogen-bond donors (Lipinski definition) is 1. The van der Waals surface area contributed by atoms with Crippen LogP contribution in [0.25, 0.3) is 0 Å². The fourth-order valence-electron chi connectivity index (χ4n) is 3.53. The summed E-state index contributed by atoms with van der Waals surface area (Å²) in [4.78, 5) is 46.0. The second kappa shape index (κ2) is 11.7. The lowest BCUT2D eigenvalue weighted by molar-refractivity contribution is -0.154. The molecule has 0 unspecified atom stereocenters. The van der Waals surface area contributed by atoms with Gasteiger partial charge in [-0.15, -0.1) is 0 Å². The normalized spacial score (nSPS) is 15.5. The van der Waals surface area contributed by atoms with Gasteiger partial charge in [0.1, 0.15) is 11.9 Å². The summed E-state index contributed by atoms with van der Waals surface area (Å²) >= 11 is 5.87. The smallest absolute Gasteiger partial charge is 0.329 e. The average molecular weight is 473 g/mol. The van der Waals surface area contributed by atoms with Crippen LogP contribution in [0, 0.1) is 5.92 Å². The van der Waals surface area contributed by atoms with Crippen LogP contribution in [0.4, 0.5) is 5.82 Å². The number of halogens is 1. The van der Waals surface area contributed by atoms with Crippen LogP contribution >= 0.6 is 11.6 Å². The summed E-state index contributed by atoms with van der Waals surface area (Å²) in [5.41, 5.74) is 0.391. The molecule has 1 fully saturated rings. The number of ether oxygens (including phenoxy) is 1. The highest BCUT2D eigenvalue weighted by Gasteiger charge is 2.29. The molecular weight excluding hydrogens is 444 g/mol. The summed E-state index contributed by atoms with van der Waals surface area (Å²) in [7, 11) is 0. The first-order valence-electron chi connectivity index (χ1n) is 11.1. The van der Waals surface area contributed by atoms with Crippen LogP contribution in [0.5, 0.6) is 0 Å². The number of esters is 1. The Hall–Kier alpha value is -3.13. The van der Waals surface area contributed by atoms with Gasteiger partial charge in [0.2, 0.25) is 0 Å². The van der Waals surface area contributed by atoms with E-state index in [0.29, 0.717) is 43.2 Å². The molecule has 1 aliphatic heterocycles. The second-order valence-corrected chi connectivity index (χ2v) is 8.44. The van der Waals surface area contributed by atoms with Crippen molar-refractivity contribution in [3.63, 3.8) is 0 Å². The van der Waals surface area contributed by atoms with Gasteiger partial charge in [-0.3, -0.25) is 9.59 Å². The van der Waals surface area contributed by atoms with Crippen molar-refractivity contribution in [2.75, 3.05) is 37.7 Å². The SMILES string of the molecule is CC[C@H](C)[C@H](NC(=O)c1ccc(Cl)cc1)C(=O)OCC(=O)N1CCN(c2ccccn2)CC1. The van der Waals surface area contributed by atoms with Crippen molar-refractivity contribution < 1.29 is 19.1 Å². The van der Waals surface area contributed by atoms with Crippen LogP contribution in [0.2, 0.25) is 5.02 Å². The minimum Gasteiger partial charge on any atom is -0.454 e. The monoisotopic (exact) mass is 472 g/mol. The number of nitrogens with zero attached hydrogens (tertiary/aromatic N) is 3. The molecule has 2 atom stereocenters. The molecule has 0 spiro atoms. The summed E-state index contributed by atoms with van der Waals surface area (Å²) in [5.74, 6) is -0.552. The third-order valence-electron chi connectivity index (χ3n) is 5.80. The maximum absolute atomic E-state index is 12.7. The summed E-state index contributed by atoms with van der Waals surface area (Å²) in [5, 5.41) is 3.25. The predicted molar refractivity (Wildman–Crippen MR) is 126 cm³/mol. The van der Waals surface area contributed by atoms with E-state index in [4.69, 9.17) is 16.3 Å². The Labute approximate surface area is 198 Å². The van der Waals surface area contributed by atoms with Crippen molar-refractivity contribution in [3.05, 3.63) is 59.2 Å². The second-order valence-electron chi connectivity index (χ2n) is 8.01. The van der Waals surface area contributed by atoms with Gasteiger partial charge < -0.3 is 19.9 Å². The first-order valence-corrected chi connectivity index (χ1v) is 11.4. The molecule has 2 heterocycles. The molecule has 33 heavy (non-hydrogen) atoms. The molecule has 0 radical (unpaired) electrons. The van der Waals surface area contributed by atoms with Crippen LogP contribution in [0.15, 0.2) is 48.7 Å². The molecular formula is C24H29ClN4O4. The highest BCUT2D eigenvalue weighted by Crippen LogP contribution is 2.15. The number of piperazine rings is 1. The fourth-order valence-corrected chi connectivity index (χ4v) is 3.66. The molecule has 0 bridgehead atoms. The van der Waals surface area contributed by atoms with Gasteiger partial charge in [-0.05, 0) is 42.3 Å². The first kappa shape index (κ1) is 24.5. The van der Waals surface area contributed by atoms with E-state index in [9.17, 15) is 14.4 Å². The molecule has 1 aliphatic rings. The number of rotatable bonds is 8. The van der Waals surface area contributed by atoms with E-state index < -0.39 is 17.9 Å². The maximum Gasteiger partial charge on any atom is 0.329 e. The van der Waals surface area contributed by atoms with E-state index in [1.807, 2.05) is 32.0 Å². The zero-order valence-corrected chi connectivity index (χ0v) is 19.6. The molecule has 2 amide bonds. The lowest BCUT2D eigenvalue weighted by Crippen LogP contribution is -2.51. The van der Waals surface area contributed by atoms with Crippen molar-refractivity contribution in [2.45, 2.75) is 26.3 Å². The number of benzene rings is 1. The van der Waals surface area contributed by atoms with E-state index in [2.05, 4.69) is 15.2 Å². The highest BCUT2D eigenvalue weighted by atomic mass is 35.5. The van der Waals surface area contributed by atoms with Gasteiger partial charge in [-0.2, -0.15) is 0 Å². The third kappa shape index (κ3) is 6.68. The highest BCUT2D eigenvalue weighted by molar-refractivity contribution is 6.30. The van der Waals surface area contributed by atoms with E-state index in [0.717, 1.165) is 5.82 Å². The van der Waals surface area contributed by atoms with E-state index in [1.165, 1.54) is 0 Å². The molecule has 0 aliphatic carbocycles. The van der Waals surface area contributed by atoms with Crippen LogP contribution in [0.1, 0.15) is 30.6 Å². The number of pyridine rings is 1. The Morgan fingerprint density at radius 1 is 1.09 bits per heavy atom. The molecule has 9 heteroatoms. The van der Waals surface area contributed by atoms with Crippen molar-refractivity contribution >= 4 is 35.2 Å². The van der Waals surface area contributed by atoms with Crippen LogP contribution in [-0.2, 0) is 14.3 Å². The standard InChI is InChI=1S/C24H29ClN4O4/c1-3-17(2)22(27-23(31)18-7-9-19(25)10-8-18)24(32)33-16-21(30)29-14-12-28(13-15-29)20-6-4-5-11-26-20/h4-11,17,22H,3,12-16H2,1-2H3,(H,27,31)/t17-,22-/m0/s1. The summed E-state index contributed by atoms with van der Waals surface area (Å²) in [6.45, 7) is 5.78. The first-order chi connectivity index (χ1) is 15.9. The quantitative estimate of drug-likeness (QED) is 0.594. The number of amides is 2. The Kier molecular flexibility index (Phi) is 8.65. The van der Waals surface area contributed by atoms with Crippen molar-refractivity contribution in [2.24, 2.45) is 5.92 Å². The van der Waals surface area contributed by atoms with Crippen LogP contribution < -0.4 is 10.2 Å². The maximum atomic E-state index is 12.7. The molecule has 8 nitrogen and oxygen atoms in total. The van der Waals surface area contributed by atoms with Crippen molar-refractivity contribution in [1.82, 2.24) is 15.2 Å². The minimum absolute atomic E-state index is 0.161. The predicted octanol–water partition coefficient (Wildman–Crippen LogP) is 2.77. The van der Waals surface area contributed by atoms with Gasteiger partial charge in [-0.1, -0.05) is 37.9 Å². The average Bonchev–Trinajstić information content (AvgIpc) is 2.86. The van der Waals surface area contributed by atoms with Gasteiger partial charge in [0.15, 0.2) is 6.61 Å². The number of aromatic nitrogens is 1. The number of anilines is 1. The molecule has 1 saturated heterocycles. The summed E-state index contributed by atoms with van der Waals surface area (Å²) < 4.78 is 5.32. The minimum atomic E-state index is -0.855. The van der Waals surface area contributed by atoms with Gasteiger partial charge in [-0.25, -0.2) is 9.78 Å². The topological polar surface area (TPSA) is 91.8 Å². The molecule has 1 N–H and O–H groups in total. The Morgan fingerprint density at radius 2 is 1.79 bits per heavy atom. The zero-order chi connectivity index (χ0) is 23.8. The largest absolute Gasteiger partial charge is 0.454 e. The third-order valence-corrected chi connectivity index (χ3v) is 6.06. The molecule has 0 saturated carbocycles. The number of hydrogen-bond acceptors (Lipinski definition) is 6. The molecule has 176 valence electrons. The fraction of sp³-hybridized carbons (Fsp3) is 0.417. The van der Waals surface area contributed by atoms with Crippen molar-refractivity contribution in [1.29, 1.82) is 0 Å². The van der Waals surface area contributed by atoms with Gasteiger partial charge in [0, 0.05) is 43.0 Å². The number of carbonyl (C=O) groups is 3. The summed E-state index contributed by atoms with van der Waals surface area (Å²) in [6.07, 6.45) is 2.40. The van der Waals surface area contributed by atoms with E-state index in [-0.39, 0.29) is 18.4 Å². The van der Waals surface area contributed by atoms with Gasteiger partial charge in [0.05, 0.1) is 0 Å². The number of carbonyl (C=O) groups excluding carboxylic acids is 3. The van der Waals surface area contributed by atoms with E-state index in [1.54, 1.807) is 35.4 Å². The Morgan fingerprint density at radius 3 is 2.39 bits per heavy atom. The van der Waals surface area contributed by atoms with Crippen molar-refractivity contribution in [3.8, 4) is 0 Å². The van der Waals surface area contributed by atoms with Crippen LogP contribution in [0.3, 0.4) is 0 Å². The lowest BCUT2D eigenvalue weighted by Gasteiger charge is -2.35. The summed E-state index contributed by atoms with van der Waals surface area (Å²) in [6, 6.07) is 11.3. The van der Waals surface area contributed by atoms with Crippen LogP contribution in [-0.4, -0.2) is 66.5 Å². The Balaban J connectivity index is 1.51. The number of nitrogens with one attached hydrogen (secondary N) is 1. The van der Waals surface area contributed by atoms with Gasteiger partial charge in [0.25, 0.3) is 11.8 Å². The Bertz CT molecular complexity index is 947. The molecule has 1 aromatic heterocycles. The molecule has 1 aromatic carbocycles.